The lowest BCUT2D eigenvalue weighted by atomic mass is 9.82. The lowest BCUT2D eigenvalue weighted by molar-refractivity contribution is -0.142. The van der Waals surface area contributed by atoms with E-state index in [4.69, 9.17) is 4.74 Å². The quantitative estimate of drug-likeness (QED) is 0.784. The SMILES string of the molecule is CCC[C@@H]1C(=O)[C@@H]2[C@@H](CO)C[C@@H](COC(C)=O)[C@@H]2[C@H]1C. The smallest absolute Gasteiger partial charge is 0.302 e. The van der Waals surface area contributed by atoms with Crippen molar-refractivity contribution < 1.29 is 19.4 Å². The first-order chi connectivity index (χ1) is 9.51. The van der Waals surface area contributed by atoms with Crippen molar-refractivity contribution in [2.45, 2.75) is 40.0 Å². The first-order valence-electron chi connectivity index (χ1n) is 7.79. The van der Waals surface area contributed by atoms with Gasteiger partial charge in [-0.15, -0.1) is 0 Å². The zero-order valence-electron chi connectivity index (χ0n) is 12.7. The molecule has 0 aromatic heterocycles. The van der Waals surface area contributed by atoms with Gasteiger partial charge in [0.1, 0.15) is 5.78 Å². The van der Waals surface area contributed by atoms with Gasteiger partial charge in [0.15, 0.2) is 0 Å². The van der Waals surface area contributed by atoms with Crippen LogP contribution >= 0.6 is 0 Å². The summed E-state index contributed by atoms with van der Waals surface area (Å²) in [5, 5.41) is 9.57. The molecule has 1 N–H and O–H groups in total. The highest BCUT2D eigenvalue weighted by Crippen LogP contribution is 2.54. The Kier molecular flexibility index (Phi) is 4.84. The van der Waals surface area contributed by atoms with Crippen LogP contribution in [0.1, 0.15) is 40.0 Å². The number of aliphatic hydroxyl groups excluding tert-OH is 1. The van der Waals surface area contributed by atoms with Gasteiger partial charge < -0.3 is 9.84 Å². The fourth-order valence-corrected chi connectivity index (χ4v) is 4.56. The second kappa shape index (κ2) is 6.25. The fourth-order valence-electron chi connectivity index (χ4n) is 4.56. The normalized spacial score (nSPS) is 39.9. The van der Waals surface area contributed by atoms with Crippen molar-refractivity contribution in [3.05, 3.63) is 0 Å². The molecule has 0 aliphatic heterocycles. The van der Waals surface area contributed by atoms with Crippen molar-refractivity contribution in [1.82, 2.24) is 0 Å². The molecule has 2 aliphatic rings. The summed E-state index contributed by atoms with van der Waals surface area (Å²) in [5.74, 6) is 1.07. The van der Waals surface area contributed by atoms with Gasteiger partial charge in [-0.05, 0) is 36.5 Å². The molecule has 4 nitrogen and oxygen atoms in total. The second-order valence-corrected chi connectivity index (χ2v) is 6.50. The van der Waals surface area contributed by atoms with Crippen LogP contribution in [-0.4, -0.2) is 30.1 Å². The number of ether oxygens (including phenoxy) is 1. The van der Waals surface area contributed by atoms with Gasteiger partial charge in [-0.3, -0.25) is 9.59 Å². The minimum absolute atomic E-state index is 0.0212. The molecule has 20 heavy (non-hydrogen) atoms. The maximum Gasteiger partial charge on any atom is 0.302 e. The topological polar surface area (TPSA) is 63.6 Å². The van der Waals surface area contributed by atoms with Gasteiger partial charge in [-0.1, -0.05) is 20.3 Å². The van der Waals surface area contributed by atoms with Crippen molar-refractivity contribution in [1.29, 1.82) is 0 Å². The number of carbonyl (C=O) groups excluding carboxylic acids is 2. The molecule has 0 heterocycles. The minimum atomic E-state index is -0.268. The van der Waals surface area contributed by atoms with Crippen molar-refractivity contribution >= 4 is 11.8 Å². The second-order valence-electron chi connectivity index (χ2n) is 6.50. The molecular weight excluding hydrogens is 256 g/mol. The highest BCUT2D eigenvalue weighted by molar-refractivity contribution is 5.87. The van der Waals surface area contributed by atoms with Crippen LogP contribution in [0.4, 0.5) is 0 Å². The first-order valence-corrected chi connectivity index (χ1v) is 7.79. The van der Waals surface area contributed by atoms with Gasteiger partial charge in [-0.2, -0.15) is 0 Å². The van der Waals surface area contributed by atoms with Crippen LogP contribution < -0.4 is 0 Å². The molecule has 2 fully saturated rings. The van der Waals surface area contributed by atoms with E-state index in [1.165, 1.54) is 6.92 Å². The van der Waals surface area contributed by atoms with Crippen LogP contribution in [0, 0.1) is 35.5 Å². The Labute approximate surface area is 120 Å². The molecule has 2 aliphatic carbocycles. The molecule has 4 heteroatoms. The largest absolute Gasteiger partial charge is 0.466 e. The van der Waals surface area contributed by atoms with Crippen LogP contribution in [0.3, 0.4) is 0 Å². The monoisotopic (exact) mass is 282 g/mol. The number of carbonyl (C=O) groups is 2. The van der Waals surface area contributed by atoms with Crippen molar-refractivity contribution in [3.8, 4) is 0 Å². The fraction of sp³-hybridized carbons (Fsp3) is 0.875. The summed E-state index contributed by atoms with van der Waals surface area (Å²) in [6.45, 7) is 6.13. The summed E-state index contributed by atoms with van der Waals surface area (Å²) in [6.07, 6.45) is 2.75. The summed E-state index contributed by atoms with van der Waals surface area (Å²) < 4.78 is 5.17. The van der Waals surface area contributed by atoms with Crippen LogP contribution in [0.2, 0.25) is 0 Å². The predicted molar refractivity (Wildman–Crippen MR) is 74.9 cm³/mol. The third-order valence-electron chi connectivity index (χ3n) is 5.34. The average Bonchev–Trinajstić information content (AvgIpc) is 2.89. The molecule has 6 atom stereocenters. The van der Waals surface area contributed by atoms with E-state index in [-0.39, 0.29) is 42.2 Å². The molecule has 0 radical (unpaired) electrons. The number of rotatable bonds is 5. The Hall–Kier alpha value is -0.900. The maximum atomic E-state index is 12.6. The molecule has 0 amide bonds. The van der Waals surface area contributed by atoms with E-state index in [1.54, 1.807) is 0 Å². The third kappa shape index (κ3) is 2.62. The van der Waals surface area contributed by atoms with Gasteiger partial charge in [0.25, 0.3) is 0 Å². The highest BCUT2D eigenvalue weighted by Gasteiger charge is 2.57. The number of aliphatic hydroxyl groups is 1. The van der Waals surface area contributed by atoms with E-state index in [2.05, 4.69) is 13.8 Å². The highest BCUT2D eigenvalue weighted by atomic mass is 16.5. The van der Waals surface area contributed by atoms with Crippen LogP contribution in [0.5, 0.6) is 0 Å². The van der Waals surface area contributed by atoms with E-state index in [1.807, 2.05) is 0 Å². The molecular formula is C16H26O4. The van der Waals surface area contributed by atoms with E-state index in [9.17, 15) is 14.7 Å². The van der Waals surface area contributed by atoms with E-state index >= 15 is 0 Å². The zero-order valence-corrected chi connectivity index (χ0v) is 12.7. The molecule has 2 rings (SSSR count). The van der Waals surface area contributed by atoms with Crippen LogP contribution in [-0.2, 0) is 14.3 Å². The molecule has 0 spiro atoms. The molecule has 0 bridgehead atoms. The number of hydrogen-bond donors (Lipinski definition) is 1. The number of esters is 1. The Balaban J connectivity index is 2.15. The van der Waals surface area contributed by atoms with E-state index in [0.29, 0.717) is 18.3 Å². The van der Waals surface area contributed by atoms with Gasteiger partial charge in [0, 0.05) is 25.4 Å². The maximum absolute atomic E-state index is 12.6. The summed E-state index contributed by atoms with van der Waals surface area (Å²) >= 11 is 0. The number of ketones is 1. The molecule has 0 unspecified atom stereocenters. The van der Waals surface area contributed by atoms with Crippen molar-refractivity contribution in [2.75, 3.05) is 13.2 Å². The predicted octanol–water partition coefficient (Wildman–Crippen LogP) is 2.05. The summed E-state index contributed by atoms with van der Waals surface area (Å²) in [4.78, 5) is 23.6. The summed E-state index contributed by atoms with van der Waals surface area (Å²) in [6, 6.07) is 0. The molecule has 0 aromatic carbocycles. The standard InChI is InChI=1S/C16H26O4/c1-4-5-13-9(2)14-12(8-20-10(3)18)6-11(7-17)15(14)16(13)19/h9,11-15,17H,4-8H2,1-3H3/t9-,11+,12-,13-,14-,15+/m0/s1. The van der Waals surface area contributed by atoms with Crippen molar-refractivity contribution in [2.24, 2.45) is 35.5 Å². The minimum Gasteiger partial charge on any atom is -0.466 e. The van der Waals surface area contributed by atoms with Crippen molar-refractivity contribution in [3.63, 3.8) is 0 Å². The Morgan fingerprint density at radius 3 is 2.65 bits per heavy atom. The summed E-state index contributed by atoms with van der Waals surface area (Å²) in [7, 11) is 0. The van der Waals surface area contributed by atoms with Gasteiger partial charge >= 0.3 is 5.97 Å². The van der Waals surface area contributed by atoms with Gasteiger partial charge in [0.2, 0.25) is 0 Å². The first kappa shape index (κ1) is 15.5. The third-order valence-corrected chi connectivity index (χ3v) is 5.34. The Morgan fingerprint density at radius 1 is 1.40 bits per heavy atom. The number of fused-ring (bicyclic) bond motifs is 1. The van der Waals surface area contributed by atoms with Crippen LogP contribution in [0.15, 0.2) is 0 Å². The lowest BCUT2D eigenvalue weighted by Gasteiger charge is -2.24. The van der Waals surface area contributed by atoms with E-state index < -0.39 is 0 Å². The van der Waals surface area contributed by atoms with Gasteiger partial charge in [-0.25, -0.2) is 0 Å². The Morgan fingerprint density at radius 2 is 2.10 bits per heavy atom. The molecule has 2 saturated carbocycles. The lowest BCUT2D eigenvalue weighted by Crippen LogP contribution is -2.23. The zero-order chi connectivity index (χ0) is 14.9. The van der Waals surface area contributed by atoms with Crippen LogP contribution in [0.25, 0.3) is 0 Å². The van der Waals surface area contributed by atoms with E-state index in [0.717, 1.165) is 19.3 Å². The number of hydrogen-bond acceptors (Lipinski definition) is 4. The number of Topliss-reactive ketones (excluding diaryl/α,β-unsaturated/α-hetero) is 1. The Bertz CT molecular complexity index is 379. The summed E-state index contributed by atoms with van der Waals surface area (Å²) in [5.41, 5.74) is 0. The average molecular weight is 282 g/mol. The molecule has 0 saturated heterocycles. The molecule has 0 aromatic rings. The van der Waals surface area contributed by atoms with Gasteiger partial charge in [0.05, 0.1) is 6.61 Å². The molecule has 114 valence electrons.